The van der Waals surface area contributed by atoms with Gasteiger partial charge in [0.15, 0.2) is 0 Å². The standard InChI is InChI=1S/C32H48O2/c1-4-5-9-26-11-7-12-27(14-13-26)15-16-29-19-23-31(24-20-29)34-32(33)30-21-17-28(18-22-30)10-6-8-25(2)3/h8,17,19-20,23-24,26-27,30H,4-7,9-16,18,21-22H2,1-3H3. The lowest BCUT2D eigenvalue weighted by atomic mass is 9.88. The van der Waals surface area contributed by atoms with Crippen LogP contribution in [0.15, 0.2) is 47.6 Å². The number of hydrogen-bond acceptors (Lipinski definition) is 2. The number of rotatable bonds is 11. The molecule has 1 aromatic carbocycles. The second-order valence-electron chi connectivity index (χ2n) is 11.1. The number of aryl methyl sites for hydroxylation is 1. The zero-order chi connectivity index (χ0) is 24.2. The molecule has 2 nitrogen and oxygen atoms in total. The predicted octanol–water partition coefficient (Wildman–Crippen LogP) is 9.38. The maximum atomic E-state index is 12.7. The number of benzene rings is 1. The molecule has 0 N–H and O–H groups in total. The van der Waals surface area contributed by atoms with Gasteiger partial charge in [-0.05, 0) is 88.3 Å². The first-order valence-electron chi connectivity index (χ1n) is 14.2. The predicted molar refractivity (Wildman–Crippen MR) is 144 cm³/mol. The maximum Gasteiger partial charge on any atom is 0.314 e. The molecule has 0 saturated heterocycles. The molecular weight excluding hydrogens is 416 g/mol. The summed E-state index contributed by atoms with van der Waals surface area (Å²) >= 11 is 0. The lowest BCUT2D eigenvalue weighted by Crippen LogP contribution is -2.22. The lowest BCUT2D eigenvalue weighted by Gasteiger charge is -2.20. The van der Waals surface area contributed by atoms with Gasteiger partial charge in [-0.3, -0.25) is 4.79 Å². The Morgan fingerprint density at radius 1 is 0.971 bits per heavy atom. The van der Waals surface area contributed by atoms with E-state index in [1.54, 1.807) is 0 Å². The third-order valence-electron chi connectivity index (χ3n) is 8.01. The van der Waals surface area contributed by atoms with Crippen molar-refractivity contribution in [1.29, 1.82) is 0 Å². The Balaban J connectivity index is 1.38. The number of esters is 1. The Morgan fingerprint density at radius 3 is 2.35 bits per heavy atom. The first-order valence-corrected chi connectivity index (χ1v) is 14.2. The summed E-state index contributed by atoms with van der Waals surface area (Å²) in [6.45, 7) is 6.60. The van der Waals surface area contributed by atoms with Gasteiger partial charge in [0.05, 0.1) is 5.92 Å². The third-order valence-corrected chi connectivity index (χ3v) is 8.01. The van der Waals surface area contributed by atoms with Crippen LogP contribution < -0.4 is 4.74 Å². The van der Waals surface area contributed by atoms with Gasteiger partial charge in [0, 0.05) is 0 Å². The number of allylic oxidation sites excluding steroid dienone is 4. The third kappa shape index (κ3) is 9.43. The maximum absolute atomic E-state index is 12.7. The largest absolute Gasteiger partial charge is 0.426 e. The smallest absolute Gasteiger partial charge is 0.314 e. The van der Waals surface area contributed by atoms with E-state index in [-0.39, 0.29) is 11.9 Å². The van der Waals surface area contributed by atoms with Gasteiger partial charge in [0.2, 0.25) is 0 Å². The van der Waals surface area contributed by atoms with Gasteiger partial charge in [-0.15, -0.1) is 0 Å². The van der Waals surface area contributed by atoms with Crippen LogP contribution in [-0.2, 0) is 11.2 Å². The highest BCUT2D eigenvalue weighted by Gasteiger charge is 2.23. The minimum Gasteiger partial charge on any atom is -0.426 e. The number of ether oxygens (including phenoxy) is 1. The fraction of sp³-hybridized carbons (Fsp3) is 0.656. The Hall–Kier alpha value is -1.83. The highest BCUT2D eigenvalue weighted by molar-refractivity contribution is 5.75. The van der Waals surface area contributed by atoms with Crippen molar-refractivity contribution in [2.45, 2.75) is 117 Å². The quantitative estimate of drug-likeness (QED) is 0.141. The molecule has 0 aliphatic heterocycles. The number of unbranched alkanes of at least 4 members (excludes halogenated alkanes) is 1. The minimum atomic E-state index is -0.0663. The summed E-state index contributed by atoms with van der Waals surface area (Å²) in [4.78, 5) is 12.7. The van der Waals surface area contributed by atoms with Crippen molar-refractivity contribution in [1.82, 2.24) is 0 Å². The van der Waals surface area contributed by atoms with E-state index in [1.165, 1.54) is 74.5 Å². The van der Waals surface area contributed by atoms with Crippen LogP contribution in [0.25, 0.3) is 0 Å². The molecule has 3 atom stereocenters. The summed E-state index contributed by atoms with van der Waals surface area (Å²) in [5.74, 6) is 2.50. The molecular formula is C32H48O2. The molecule has 1 fully saturated rings. The van der Waals surface area contributed by atoms with Crippen molar-refractivity contribution in [2.24, 2.45) is 17.8 Å². The van der Waals surface area contributed by atoms with Crippen LogP contribution in [0, 0.1) is 17.8 Å². The van der Waals surface area contributed by atoms with E-state index in [0.29, 0.717) is 5.75 Å². The van der Waals surface area contributed by atoms with Crippen molar-refractivity contribution in [3.8, 4) is 5.75 Å². The molecule has 0 heterocycles. The van der Waals surface area contributed by atoms with Crippen LogP contribution in [0.3, 0.4) is 0 Å². The van der Waals surface area contributed by atoms with E-state index >= 15 is 0 Å². The van der Waals surface area contributed by atoms with Crippen molar-refractivity contribution in [3.05, 3.63) is 53.1 Å². The van der Waals surface area contributed by atoms with Crippen LogP contribution in [0.1, 0.15) is 116 Å². The normalized spacial score (nSPS) is 23.0. The Morgan fingerprint density at radius 2 is 1.71 bits per heavy atom. The van der Waals surface area contributed by atoms with Gasteiger partial charge in [0.25, 0.3) is 0 Å². The van der Waals surface area contributed by atoms with Crippen molar-refractivity contribution < 1.29 is 9.53 Å². The molecule has 0 aromatic heterocycles. The monoisotopic (exact) mass is 464 g/mol. The van der Waals surface area contributed by atoms with Crippen LogP contribution in [-0.4, -0.2) is 5.97 Å². The molecule has 2 heteroatoms. The van der Waals surface area contributed by atoms with Crippen LogP contribution in [0.5, 0.6) is 5.75 Å². The van der Waals surface area contributed by atoms with Gasteiger partial charge in [-0.1, -0.05) is 93.7 Å². The molecule has 1 aromatic rings. The number of carbonyl (C=O) groups excluding carboxylic acids is 1. The first-order chi connectivity index (χ1) is 16.5. The van der Waals surface area contributed by atoms with Gasteiger partial charge in [0.1, 0.15) is 5.75 Å². The molecule has 0 spiro atoms. The van der Waals surface area contributed by atoms with E-state index < -0.39 is 0 Å². The van der Waals surface area contributed by atoms with Crippen LogP contribution in [0.4, 0.5) is 0 Å². The number of hydrogen-bond donors (Lipinski definition) is 0. The van der Waals surface area contributed by atoms with E-state index in [1.807, 2.05) is 12.1 Å². The molecule has 0 bridgehead atoms. The second-order valence-corrected chi connectivity index (χ2v) is 11.1. The molecule has 3 unspecified atom stereocenters. The zero-order valence-corrected chi connectivity index (χ0v) is 22.1. The summed E-state index contributed by atoms with van der Waals surface area (Å²) < 4.78 is 5.73. The average Bonchev–Trinajstić information content (AvgIpc) is 3.07. The van der Waals surface area contributed by atoms with E-state index in [0.717, 1.165) is 50.4 Å². The van der Waals surface area contributed by atoms with E-state index in [9.17, 15) is 4.79 Å². The van der Waals surface area contributed by atoms with Gasteiger partial charge >= 0.3 is 5.97 Å². The molecule has 188 valence electrons. The number of carbonyl (C=O) groups is 1. The topological polar surface area (TPSA) is 26.3 Å². The summed E-state index contributed by atoms with van der Waals surface area (Å²) in [5.41, 5.74) is 4.24. The molecule has 2 aliphatic rings. The van der Waals surface area contributed by atoms with Gasteiger partial charge in [-0.2, -0.15) is 0 Å². The molecule has 3 rings (SSSR count). The summed E-state index contributed by atoms with van der Waals surface area (Å²) in [7, 11) is 0. The Bertz CT molecular complexity index is 797. The summed E-state index contributed by atoms with van der Waals surface area (Å²) in [6.07, 6.45) is 23.3. The van der Waals surface area contributed by atoms with Crippen LogP contribution >= 0.6 is 0 Å². The second kappa shape index (κ2) is 14.5. The molecule has 2 aliphatic carbocycles. The van der Waals surface area contributed by atoms with Gasteiger partial charge in [-0.25, -0.2) is 0 Å². The SMILES string of the molecule is CCCCC1CCCC(CCc2ccc(OC(=O)C3CC=C(CCC=C(C)C)CC3)cc2)CC1. The average molecular weight is 465 g/mol. The van der Waals surface area contributed by atoms with Gasteiger partial charge < -0.3 is 4.74 Å². The molecule has 0 amide bonds. The van der Waals surface area contributed by atoms with E-state index in [4.69, 9.17) is 4.74 Å². The summed E-state index contributed by atoms with van der Waals surface area (Å²) in [6, 6.07) is 8.30. The lowest BCUT2D eigenvalue weighted by molar-refractivity contribution is -0.139. The highest BCUT2D eigenvalue weighted by atomic mass is 16.5. The van der Waals surface area contributed by atoms with Crippen molar-refractivity contribution >= 4 is 5.97 Å². The van der Waals surface area contributed by atoms with E-state index in [2.05, 4.69) is 45.1 Å². The first kappa shape index (κ1) is 26.8. The Kier molecular flexibility index (Phi) is 11.4. The van der Waals surface area contributed by atoms with Crippen molar-refractivity contribution in [2.75, 3.05) is 0 Å². The molecule has 1 saturated carbocycles. The molecule has 0 radical (unpaired) electrons. The fourth-order valence-corrected chi connectivity index (χ4v) is 5.70. The fourth-order valence-electron chi connectivity index (χ4n) is 5.70. The highest BCUT2D eigenvalue weighted by Crippen LogP contribution is 2.33. The zero-order valence-electron chi connectivity index (χ0n) is 22.1. The Labute approximate surface area is 209 Å². The van der Waals surface area contributed by atoms with Crippen LogP contribution in [0.2, 0.25) is 0 Å². The minimum absolute atomic E-state index is 0.00303. The summed E-state index contributed by atoms with van der Waals surface area (Å²) in [5, 5.41) is 0. The molecule has 34 heavy (non-hydrogen) atoms. The van der Waals surface area contributed by atoms with Crippen molar-refractivity contribution in [3.63, 3.8) is 0 Å².